The van der Waals surface area contributed by atoms with Gasteiger partial charge in [0.1, 0.15) is 12.4 Å². The van der Waals surface area contributed by atoms with Crippen LogP contribution in [0.15, 0.2) is 30.3 Å². The number of ether oxygens (including phenoxy) is 3. The summed E-state index contributed by atoms with van der Waals surface area (Å²) in [5.41, 5.74) is 0. The van der Waals surface area contributed by atoms with Crippen molar-refractivity contribution in [3.63, 3.8) is 0 Å². The van der Waals surface area contributed by atoms with Crippen molar-refractivity contribution < 1.29 is 14.2 Å². The minimum atomic E-state index is 0.191. The molecule has 1 aromatic rings. The maximum Gasteiger partial charge on any atom is 0.119 e. The van der Waals surface area contributed by atoms with Gasteiger partial charge in [-0.3, -0.25) is 0 Å². The quantitative estimate of drug-likeness (QED) is 0.704. The lowest BCUT2D eigenvalue weighted by Gasteiger charge is -2.16. The number of rotatable bonds is 9. The van der Waals surface area contributed by atoms with Gasteiger partial charge in [-0.2, -0.15) is 0 Å². The van der Waals surface area contributed by atoms with Gasteiger partial charge in [-0.25, -0.2) is 0 Å². The zero-order chi connectivity index (χ0) is 14.0. The van der Waals surface area contributed by atoms with Crippen LogP contribution in [-0.2, 0) is 9.47 Å². The van der Waals surface area contributed by atoms with Crippen LogP contribution in [-0.4, -0.2) is 45.1 Å². The molecule has 2 rings (SSSR count). The van der Waals surface area contributed by atoms with Crippen molar-refractivity contribution in [1.29, 1.82) is 0 Å². The van der Waals surface area contributed by atoms with Crippen LogP contribution < -0.4 is 10.1 Å². The number of nitrogens with one attached hydrogen (secondary N) is 1. The molecule has 20 heavy (non-hydrogen) atoms. The van der Waals surface area contributed by atoms with Crippen LogP contribution in [0.25, 0.3) is 0 Å². The fraction of sp³-hybridized carbons (Fsp3) is 0.625. The van der Waals surface area contributed by atoms with Crippen LogP contribution in [0.2, 0.25) is 0 Å². The minimum absolute atomic E-state index is 0.191. The molecule has 0 spiro atoms. The van der Waals surface area contributed by atoms with Gasteiger partial charge in [0.25, 0.3) is 0 Å². The van der Waals surface area contributed by atoms with Crippen molar-refractivity contribution in [3.8, 4) is 5.75 Å². The molecule has 0 aliphatic carbocycles. The van der Waals surface area contributed by atoms with Crippen molar-refractivity contribution in [2.45, 2.75) is 32.0 Å². The average Bonchev–Trinajstić information content (AvgIpc) is 2.98. The summed E-state index contributed by atoms with van der Waals surface area (Å²) in [5.74, 6) is 0.889. The highest BCUT2D eigenvalue weighted by molar-refractivity contribution is 5.20. The molecule has 1 aromatic carbocycles. The third-order valence-corrected chi connectivity index (χ3v) is 3.33. The second-order valence-corrected chi connectivity index (χ2v) is 5.14. The predicted octanol–water partition coefficient (Wildman–Crippen LogP) is 2.24. The molecule has 0 amide bonds. The lowest BCUT2D eigenvalue weighted by atomic mass is 10.2. The zero-order valence-corrected chi connectivity index (χ0v) is 12.2. The molecule has 1 fully saturated rings. The van der Waals surface area contributed by atoms with E-state index in [1.165, 1.54) is 12.8 Å². The fourth-order valence-electron chi connectivity index (χ4n) is 2.24. The summed E-state index contributed by atoms with van der Waals surface area (Å²) in [7, 11) is 0. The molecule has 1 heterocycles. The third-order valence-electron chi connectivity index (χ3n) is 3.33. The molecule has 1 aliphatic rings. The van der Waals surface area contributed by atoms with Crippen LogP contribution in [0, 0.1) is 0 Å². The van der Waals surface area contributed by atoms with Crippen molar-refractivity contribution in [2.75, 3.05) is 32.9 Å². The highest BCUT2D eigenvalue weighted by Gasteiger charge is 2.14. The molecule has 4 nitrogen and oxygen atoms in total. The Balaban J connectivity index is 1.46. The van der Waals surface area contributed by atoms with E-state index in [4.69, 9.17) is 14.2 Å². The minimum Gasteiger partial charge on any atom is -0.491 e. The molecular weight excluding hydrogens is 254 g/mol. The van der Waals surface area contributed by atoms with E-state index in [0.29, 0.717) is 19.3 Å². The second-order valence-electron chi connectivity index (χ2n) is 5.14. The summed E-state index contributed by atoms with van der Waals surface area (Å²) >= 11 is 0. The van der Waals surface area contributed by atoms with E-state index in [-0.39, 0.29) is 6.10 Å². The van der Waals surface area contributed by atoms with Crippen LogP contribution in [0.4, 0.5) is 0 Å². The molecule has 1 saturated heterocycles. The summed E-state index contributed by atoms with van der Waals surface area (Å²) < 4.78 is 16.8. The summed E-state index contributed by atoms with van der Waals surface area (Å²) in [6.07, 6.45) is 2.95. The van der Waals surface area contributed by atoms with Crippen molar-refractivity contribution in [1.82, 2.24) is 5.32 Å². The Labute approximate surface area is 121 Å². The molecular formula is C16H25NO3. The Kier molecular flexibility index (Phi) is 6.84. The van der Waals surface area contributed by atoms with Gasteiger partial charge in [0.15, 0.2) is 0 Å². The molecule has 0 bridgehead atoms. The monoisotopic (exact) mass is 279 g/mol. The number of para-hydroxylation sites is 1. The maximum atomic E-state index is 5.70. The van der Waals surface area contributed by atoms with E-state index < -0.39 is 0 Å². The standard InChI is InChI=1S/C16H25NO3/c1-14(12-17-13-16-8-5-9-19-16)18-10-11-20-15-6-3-2-4-7-15/h2-4,6-7,14,16-17H,5,8-13H2,1H3. The number of hydrogen-bond acceptors (Lipinski definition) is 4. The largest absolute Gasteiger partial charge is 0.491 e. The first kappa shape index (κ1) is 15.3. The van der Waals surface area contributed by atoms with Gasteiger partial charge in [-0.1, -0.05) is 18.2 Å². The van der Waals surface area contributed by atoms with Gasteiger partial charge in [0.2, 0.25) is 0 Å². The second kappa shape index (κ2) is 8.95. The van der Waals surface area contributed by atoms with Gasteiger partial charge >= 0.3 is 0 Å². The fourth-order valence-corrected chi connectivity index (χ4v) is 2.24. The lowest BCUT2D eigenvalue weighted by Crippen LogP contribution is -2.33. The summed E-state index contributed by atoms with van der Waals surface area (Å²) in [6, 6.07) is 9.81. The summed E-state index contributed by atoms with van der Waals surface area (Å²) in [6.45, 7) is 5.96. The predicted molar refractivity (Wildman–Crippen MR) is 79.2 cm³/mol. The smallest absolute Gasteiger partial charge is 0.119 e. The van der Waals surface area contributed by atoms with Crippen LogP contribution in [0.1, 0.15) is 19.8 Å². The summed E-state index contributed by atoms with van der Waals surface area (Å²) in [5, 5.41) is 3.39. The van der Waals surface area contributed by atoms with E-state index in [1.54, 1.807) is 0 Å². The third kappa shape index (κ3) is 5.90. The Bertz CT molecular complexity index is 352. The molecule has 112 valence electrons. The normalized spacial score (nSPS) is 19.9. The Morgan fingerprint density at radius 3 is 2.90 bits per heavy atom. The SMILES string of the molecule is CC(CNCC1CCCO1)OCCOc1ccccc1. The number of hydrogen-bond donors (Lipinski definition) is 1. The van der Waals surface area contributed by atoms with Gasteiger partial charge < -0.3 is 19.5 Å². The lowest BCUT2D eigenvalue weighted by molar-refractivity contribution is 0.0413. The molecule has 1 aliphatic heterocycles. The highest BCUT2D eigenvalue weighted by Crippen LogP contribution is 2.10. The Hall–Kier alpha value is -1.10. The van der Waals surface area contributed by atoms with Crippen molar-refractivity contribution >= 4 is 0 Å². The molecule has 1 N–H and O–H groups in total. The van der Waals surface area contributed by atoms with Gasteiger partial charge in [-0.05, 0) is 31.9 Å². The topological polar surface area (TPSA) is 39.7 Å². The van der Waals surface area contributed by atoms with Gasteiger partial charge in [0, 0.05) is 19.7 Å². The van der Waals surface area contributed by atoms with Crippen molar-refractivity contribution in [2.24, 2.45) is 0 Å². The van der Waals surface area contributed by atoms with Crippen LogP contribution in [0.3, 0.4) is 0 Å². The van der Waals surface area contributed by atoms with E-state index >= 15 is 0 Å². The molecule has 2 atom stereocenters. The van der Waals surface area contributed by atoms with E-state index in [9.17, 15) is 0 Å². The average molecular weight is 279 g/mol. The first-order valence-corrected chi connectivity index (χ1v) is 7.46. The zero-order valence-electron chi connectivity index (χ0n) is 12.2. The first-order chi connectivity index (χ1) is 9.84. The molecule has 4 heteroatoms. The van der Waals surface area contributed by atoms with Gasteiger partial charge in [-0.15, -0.1) is 0 Å². The first-order valence-electron chi connectivity index (χ1n) is 7.46. The van der Waals surface area contributed by atoms with E-state index in [0.717, 1.165) is 25.4 Å². The van der Waals surface area contributed by atoms with Crippen molar-refractivity contribution in [3.05, 3.63) is 30.3 Å². The Morgan fingerprint density at radius 2 is 2.15 bits per heavy atom. The van der Waals surface area contributed by atoms with Gasteiger partial charge in [0.05, 0.1) is 18.8 Å². The van der Waals surface area contributed by atoms with E-state index in [1.807, 2.05) is 30.3 Å². The summed E-state index contributed by atoms with van der Waals surface area (Å²) in [4.78, 5) is 0. The molecule has 0 aromatic heterocycles. The van der Waals surface area contributed by atoms with E-state index in [2.05, 4.69) is 12.2 Å². The Morgan fingerprint density at radius 1 is 1.30 bits per heavy atom. The van der Waals surface area contributed by atoms with Crippen LogP contribution in [0.5, 0.6) is 5.75 Å². The highest BCUT2D eigenvalue weighted by atomic mass is 16.5. The number of benzene rings is 1. The maximum absolute atomic E-state index is 5.70. The molecule has 2 unspecified atom stereocenters. The molecule has 0 saturated carbocycles. The van der Waals surface area contributed by atoms with Crippen LogP contribution >= 0.6 is 0 Å². The molecule has 0 radical (unpaired) electrons.